The van der Waals surface area contributed by atoms with E-state index in [0.717, 1.165) is 0 Å². The van der Waals surface area contributed by atoms with E-state index >= 15 is 0 Å². The Bertz CT molecular complexity index is 284. The Morgan fingerprint density at radius 2 is 2.60 bits per heavy atom. The van der Waals surface area contributed by atoms with E-state index in [4.69, 9.17) is 0 Å². The van der Waals surface area contributed by atoms with Crippen LogP contribution in [0.4, 0.5) is 0 Å². The maximum absolute atomic E-state index is 10.7. The van der Waals surface area contributed by atoms with Crippen molar-refractivity contribution >= 4 is 0 Å². The highest BCUT2D eigenvalue weighted by Gasteiger charge is 2.01. The number of allylic oxidation sites excluding steroid dienone is 1. The Morgan fingerprint density at radius 3 is 3.00 bits per heavy atom. The molecular weight excluding hydrogens is 132 g/mol. The summed E-state index contributed by atoms with van der Waals surface area (Å²) in [4.78, 5) is 10.7. The number of nitrogens with zero attached hydrogens (tertiary/aromatic N) is 2. The molecule has 0 saturated carbocycles. The second-order valence-electron chi connectivity index (χ2n) is 1.89. The first-order valence-corrected chi connectivity index (χ1v) is 2.89. The summed E-state index contributed by atoms with van der Waals surface area (Å²) in [5, 5.41) is 3.46. The third-order valence-electron chi connectivity index (χ3n) is 1.18. The SMILES string of the molecule is C=CCn1c(C)noc1=O. The van der Waals surface area contributed by atoms with Gasteiger partial charge in [0.25, 0.3) is 0 Å². The van der Waals surface area contributed by atoms with E-state index in [2.05, 4.69) is 16.3 Å². The highest BCUT2D eigenvalue weighted by Crippen LogP contribution is 1.87. The lowest BCUT2D eigenvalue weighted by atomic mass is 10.6. The molecule has 0 radical (unpaired) electrons. The predicted octanol–water partition coefficient (Wildman–Crippen LogP) is 0.331. The first-order chi connectivity index (χ1) is 4.75. The molecule has 1 heterocycles. The molecule has 54 valence electrons. The highest BCUT2D eigenvalue weighted by molar-refractivity contribution is 4.82. The van der Waals surface area contributed by atoms with Gasteiger partial charge in [0.2, 0.25) is 0 Å². The smallest absolute Gasteiger partial charge is 0.296 e. The van der Waals surface area contributed by atoms with Crippen molar-refractivity contribution in [2.24, 2.45) is 0 Å². The van der Waals surface area contributed by atoms with E-state index in [1.54, 1.807) is 13.0 Å². The van der Waals surface area contributed by atoms with Crippen LogP contribution in [0.15, 0.2) is 22.0 Å². The number of hydrogen-bond acceptors (Lipinski definition) is 3. The fourth-order valence-electron chi connectivity index (χ4n) is 0.672. The fraction of sp³-hybridized carbons (Fsp3) is 0.333. The van der Waals surface area contributed by atoms with Gasteiger partial charge in [-0.25, -0.2) is 4.79 Å². The molecule has 0 saturated heterocycles. The molecule has 1 aromatic rings. The van der Waals surface area contributed by atoms with Gasteiger partial charge in [0, 0.05) is 6.54 Å². The van der Waals surface area contributed by atoms with E-state index in [0.29, 0.717) is 12.4 Å². The van der Waals surface area contributed by atoms with Crippen LogP contribution in [0, 0.1) is 6.92 Å². The average molecular weight is 140 g/mol. The molecule has 0 amide bonds. The van der Waals surface area contributed by atoms with Crippen LogP contribution in [0.1, 0.15) is 5.82 Å². The Kier molecular flexibility index (Phi) is 1.71. The standard InChI is InChI=1S/C6H8N2O2/c1-3-4-8-5(2)7-10-6(8)9/h3H,1,4H2,2H3. The molecule has 0 N–H and O–H groups in total. The van der Waals surface area contributed by atoms with Gasteiger partial charge in [-0.2, -0.15) is 0 Å². The maximum atomic E-state index is 10.7. The first kappa shape index (κ1) is 6.80. The van der Waals surface area contributed by atoms with Crippen LogP contribution in [0.3, 0.4) is 0 Å². The molecule has 0 spiro atoms. The van der Waals surface area contributed by atoms with Gasteiger partial charge in [-0.15, -0.1) is 6.58 Å². The number of hydrogen-bond donors (Lipinski definition) is 0. The van der Waals surface area contributed by atoms with Crippen molar-refractivity contribution in [2.45, 2.75) is 13.5 Å². The van der Waals surface area contributed by atoms with E-state index in [1.165, 1.54) is 4.57 Å². The summed E-state index contributed by atoms with van der Waals surface area (Å²) in [5.41, 5.74) is 0. The van der Waals surface area contributed by atoms with Crippen LogP contribution in [-0.2, 0) is 6.54 Å². The zero-order valence-corrected chi connectivity index (χ0v) is 5.70. The summed E-state index contributed by atoms with van der Waals surface area (Å²) in [6, 6.07) is 0. The molecule has 1 rings (SSSR count). The molecule has 10 heavy (non-hydrogen) atoms. The van der Waals surface area contributed by atoms with Crippen LogP contribution < -0.4 is 5.76 Å². The first-order valence-electron chi connectivity index (χ1n) is 2.89. The lowest BCUT2D eigenvalue weighted by Gasteiger charge is -1.91. The zero-order chi connectivity index (χ0) is 7.56. The van der Waals surface area contributed by atoms with Gasteiger partial charge in [-0.1, -0.05) is 11.2 Å². The monoisotopic (exact) mass is 140 g/mol. The van der Waals surface area contributed by atoms with Crippen molar-refractivity contribution in [3.8, 4) is 0 Å². The molecule has 0 atom stereocenters. The molecule has 1 aromatic heterocycles. The lowest BCUT2D eigenvalue weighted by Crippen LogP contribution is -2.14. The van der Waals surface area contributed by atoms with Gasteiger partial charge >= 0.3 is 5.76 Å². The molecule has 0 aliphatic carbocycles. The van der Waals surface area contributed by atoms with Crippen molar-refractivity contribution in [1.29, 1.82) is 0 Å². The van der Waals surface area contributed by atoms with Gasteiger partial charge in [-0.3, -0.25) is 9.09 Å². The largest absolute Gasteiger partial charge is 0.441 e. The topological polar surface area (TPSA) is 48.0 Å². The van der Waals surface area contributed by atoms with Crippen LogP contribution in [0.25, 0.3) is 0 Å². The third kappa shape index (κ3) is 1.00. The normalized spacial score (nSPS) is 9.70. The van der Waals surface area contributed by atoms with E-state index in [1.807, 2.05) is 0 Å². The maximum Gasteiger partial charge on any atom is 0.441 e. The number of aryl methyl sites for hydroxylation is 1. The molecule has 4 heteroatoms. The van der Waals surface area contributed by atoms with Gasteiger partial charge in [0.05, 0.1) is 0 Å². The number of rotatable bonds is 2. The molecule has 0 aromatic carbocycles. The van der Waals surface area contributed by atoms with Crippen LogP contribution >= 0.6 is 0 Å². The minimum atomic E-state index is -0.433. The molecule has 4 nitrogen and oxygen atoms in total. The van der Waals surface area contributed by atoms with Crippen LogP contribution in [-0.4, -0.2) is 9.72 Å². The van der Waals surface area contributed by atoms with Crippen LogP contribution in [0.2, 0.25) is 0 Å². The Morgan fingerprint density at radius 1 is 1.90 bits per heavy atom. The highest BCUT2D eigenvalue weighted by atomic mass is 16.5. The van der Waals surface area contributed by atoms with Crippen molar-refractivity contribution in [1.82, 2.24) is 9.72 Å². The van der Waals surface area contributed by atoms with Crippen molar-refractivity contribution in [3.05, 3.63) is 29.0 Å². The van der Waals surface area contributed by atoms with Crippen molar-refractivity contribution in [2.75, 3.05) is 0 Å². The lowest BCUT2D eigenvalue weighted by molar-refractivity contribution is 0.376. The molecule has 0 fully saturated rings. The number of aromatic nitrogens is 2. The Labute approximate surface area is 57.8 Å². The van der Waals surface area contributed by atoms with Gasteiger partial charge < -0.3 is 0 Å². The van der Waals surface area contributed by atoms with Crippen LogP contribution in [0.5, 0.6) is 0 Å². The van der Waals surface area contributed by atoms with E-state index in [-0.39, 0.29) is 0 Å². The summed E-state index contributed by atoms with van der Waals surface area (Å²) in [7, 11) is 0. The Hall–Kier alpha value is -1.32. The molecule has 0 bridgehead atoms. The molecular formula is C6H8N2O2. The summed E-state index contributed by atoms with van der Waals surface area (Å²) in [5.74, 6) is 0.141. The van der Waals surface area contributed by atoms with Gasteiger partial charge in [0.1, 0.15) is 0 Å². The second kappa shape index (κ2) is 2.51. The zero-order valence-electron chi connectivity index (χ0n) is 5.70. The fourth-order valence-corrected chi connectivity index (χ4v) is 0.672. The van der Waals surface area contributed by atoms with Gasteiger partial charge in [0.15, 0.2) is 5.82 Å². The van der Waals surface area contributed by atoms with E-state index in [9.17, 15) is 4.79 Å². The predicted molar refractivity (Wildman–Crippen MR) is 35.7 cm³/mol. The summed E-state index contributed by atoms with van der Waals surface area (Å²) >= 11 is 0. The molecule has 0 unspecified atom stereocenters. The Balaban J connectivity index is 3.10. The van der Waals surface area contributed by atoms with Crippen molar-refractivity contribution in [3.63, 3.8) is 0 Å². The van der Waals surface area contributed by atoms with Gasteiger partial charge in [-0.05, 0) is 6.92 Å². The molecule has 0 aliphatic heterocycles. The van der Waals surface area contributed by atoms with Crippen molar-refractivity contribution < 1.29 is 4.52 Å². The minimum Gasteiger partial charge on any atom is -0.296 e. The summed E-state index contributed by atoms with van der Waals surface area (Å²) in [6.07, 6.45) is 1.62. The average Bonchev–Trinajstić information content (AvgIpc) is 2.20. The summed E-state index contributed by atoms with van der Waals surface area (Å²) < 4.78 is 5.75. The quantitative estimate of drug-likeness (QED) is 0.556. The van der Waals surface area contributed by atoms with E-state index < -0.39 is 5.76 Å². The minimum absolute atomic E-state index is 0.433. The summed E-state index contributed by atoms with van der Waals surface area (Å²) in [6.45, 7) is 5.64. The third-order valence-corrected chi connectivity index (χ3v) is 1.18. The molecule has 0 aliphatic rings. The second-order valence-corrected chi connectivity index (χ2v) is 1.89.